The number of fused-ring (bicyclic) bond motifs is 1. The molecule has 0 bridgehead atoms. The first-order valence-corrected chi connectivity index (χ1v) is 9.97. The summed E-state index contributed by atoms with van der Waals surface area (Å²) in [5, 5.41) is 4.32. The van der Waals surface area contributed by atoms with Crippen molar-refractivity contribution in [1.29, 1.82) is 0 Å². The minimum absolute atomic E-state index is 0.572. The van der Waals surface area contributed by atoms with Crippen molar-refractivity contribution in [3.05, 3.63) is 42.2 Å². The van der Waals surface area contributed by atoms with Gasteiger partial charge in [-0.15, -0.1) is 11.3 Å². The Morgan fingerprint density at radius 1 is 1.37 bits per heavy atom. The van der Waals surface area contributed by atoms with Crippen molar-refractivity contribution in [2.75, 3.05) is 33.9 Å². The van der Waals surface area contributed by atoms with Crippen LogP contribution in [-0.4, -0.2) is 49.7 Å². The first-order chi connectivity index (χ1) is 13.3. The summed E-state index contributed by atoms with van der Waals surface area (Å²) < 4.78 is 12.5. The number of furan rings is 1. The summed E-state index contributed by atoms with van der Waals surface area (Å²) in [4.78, 5) is 11.3. The molecule has 1 saturated heterocycles. The van der Waals surface area contributed by atoms with Crippen molar-refractivity contribution in [3.63, 3.8) is 0 Å². The van der Waals surface area contributed by atoms with Gasteiger partial charge in [-0.1, -0.05) is 12.1 Å². The van der Waals surface area contributed by atoms with Gasteiger partial charge >= 0.3 is 0 Å². The Hall–Kier alpha value is -2.38. The minimum atomic E-state index is 0.572. The zero-order valence-corrected chi connectivity index (χ0v) is 16.5. The fraction of sp³-hybridized carbons (Fsp3) is 0.400. The van der Waals surface area contributed by atoms with Crippen LogP contribution in [-0.2, 0) is 11.3 Å². The van der Waals surface area contributed by atoms with E-state index < -0.39 is 0 Å². The number of nitrogens with zero attached hydrogens (tertiary/aromatic N) is 3. The molecule has 4 rings (SSSR count). The van der Waals surface area contributed by atoms with Crippen LogP contribution in [0.2, 0.25) is 0 Å². The fourth-order valence-electron chi connectivity index (χ4n) is 3.46. The Bertz CT molecular complexity index is 900. The average molecular weight is 385 g/mol. The quantitative estimate of drug-likeness (QED) is 0.538. The Labute approximate surface area is 162 Å². The summed E-state index contributed by atoms with van der Waals surface area (Å²) in [5.41, 5.74) is 1.01. The van der Waals surface area contributed by atoms with Crippen LogP contribution in [0.15, 0.2) is 45.8 Å². The van der Waals surface area contributed by atoms with Gasteiger partial charge in [-0.3, -0.25) is 4.99 Å². The van der Waals surface area contributed by atoms with Gasteiger partial charge in [0.2, 0.25) is 0 Å². The number of para-hydroxylation sites is 1. The van der Waals surface area contributed by atoms with Crippen LogP contribution in [0.3, 0.4) is 0 Å². The van der Waals surface area contributed by atoms with Gasteiger partial charge in [-0.05, 0) is 30.7 Å². The number of guanidine groups is 1. The molecule has 0 amide bonds. The molecule has 0 spiro atoms. The number of rotatable bonds is 5. The van der Waals surface area contributed by atoms with Crippen LogP contribution in [0.4, 0.5) is 0 Å². The topological polar surface area (TPSA) is 62.9 Å². The highest BCUT2D eigenvalue weighted by Crippen LogP contribution is 2.31. The van der Waals surface area contributed by atoms with E-state index in [1.807, 2.05) is 37.4 Å². The van der Waals surface area contributed by atoms with E-state index in [9.17, 15) is 0 Å². The van der Waals surface area contributed by atoms with Crippen molar-refractivity contribution < 1.29 is 9.15 Å². The van der Waals surface area contributed by atoms with E-state index in [0.717, 1.165) is 54.1 Å². The molecule has 0 aliphatic carbocycles. The third kappa shape index (κ3) is 3.99. The van der Waals surface area contributed by atoms with E-state index >= 15 is 0 Å². The molecule has 1 aromatic carbocycles. The number of methoxy groups -OCH3 is 1. The summed E-state index contributed by atoms with van der Waals surface area (Å²) in [6.45, 7) is 3.38. The van der Waals surface area contributed by atoms with Crippen LogP contribution in [0, 0.1) is 5.92 Å². The maximum atomic E-state index is 6.01. The van der Waals surface area contributed by atoms with Gasteiger partial charge in [0.25, 0.3) is 0 Å². The number of thiazole rings is 1. The molecule has 0 saturated carbocycles. The van der Waals surface area contributed by atoms with E-state index in [2.05, 4.69) is 26.3 Å². The van der Waals surface area contributed by atoms with E-state index in [1.165, 1.54) is 4.70 Å². The number of hydrogen-bond acceptors (Lipinski definition) is 5. The van der Waals surface area contributed by atoms with Gasteiger partial charge in [0.05, 0.1) is 23.4 Å². The molecule has 3 heterocycles. The highest BCUT2D eigenvalue weighted by Gasteiger charge is 2.24. The first kappa shape index (κ1) is 18.0. The van der Waals surface area contributed by atoms with E-state index in [-0.39, 0.29) is 0 Å². The lowest BCUT2D eigenvalue weighted by molar-refractivity contribution is 0.157. The molecule has 7 heteroatoms. The Balaban J connectivity index is 1.39. The lowest BCUT2D eigenvalue weighted by atomic mass is 10.1. The summed E-state index contributed by atoms with van der Waals surface area (Å²) in [7, 11) is 3.58. The average Bonchev–Trinajstić information content (AvgIpc) is 3.41. The molecular formula is C20H24N4O2S. The molecule has 1 unspecified atom stereocenters. The molecule has 1 aliphatic heterocycles. The van der Waals surface area contributed by atoms with Gasteiger partial charge in [-0.25, -0.2) is 4.98 Å². The largest absolute Gasteiger partial charge is 0.457 e. The number of aromatic nitrogens is 1. The molecule has 0 radical (unpaired) electrons. The number of ether oxygens (including phenoxy) is 1. The fourth-order valence-corrected chi connectivity index (χ4v) is 4.39. The van der Waals surface area contributed by atoms with Crippen molar-refractivity contribution in [1.82, 2.24) is 15.2 Å². The number of benzene rings is 1. The monoisotopic (exact) mass is 384 g/mol. The third-order valence-electron chi connectivity index (χ3n) is 4.79. The molecule has 1 aliphatic rings. The molecule has 1 N–H and O–H groups in total. The number of likely N-dealkylation sites (tertiary alicyclic amines) is 1. The molecule has 1 atom stereocenters. The SMILES string of the molecule is CN=C(NCc1ccc(-c2nc3ccccc3s2)o1)N1CCC(COC)C1. The lowest BCUT2D eigenvalue weighted by Gasteiger charge is -2.21. The molecule has 142 valence electrons. The predicted octanol–water partition coefficient (Wildman–Crippen LogP) is 3.60. The van der Waals surface area contributed by atoms with Crippen molar-refractivity contribution in [2.24, 2.45) is 10.9 Å². The second kappa shape index (κ2) is 8.10. The van der Waals surface area contributed by atoms with E-state index in [1.54, 1.807) is 18.4 Å². The highest BCUT2D eigenvalue weighted by molar-refractivity contribution is 7.21. The second-order valence-corrected chi connectivity index (χ2v) is 7.74. The molecule has 27 heavy (non-hydrogen) atoms. The Morgan fingerprint density at radius 3 is 3.07 bits per heavy atom. The molecule has 2 aromatic heterocycles. The standard InChI is InChI=1S/C20H24N4O2S/c1-21-20(24-10-9-14(12-24)13-25-2)22-11-15-7-8-17(26-15)19-23-16-5-3-4-6-18(16)27-19/h3-8,14H,9-13H2,1-2H3,(H,21,22). The summed E-state index contributed by atoms with van der Waals surface area (Å²) >= 11 is 1.65. The van der Waals surface area contributed by atoms with Gasteiger partial charge in [0, 0.05) is 33.2 Å². The summed E-state index contributed by atoms with van der Waals surface area (Å²) in [6.07, 6.45) is 1.14. The molecule has 1 fully saturated rings. The van der Waals surface area contributed by atoms with Crippen LogP contribution in [0.1, 0.15) is 12.2 Å². The Kier molecular flexibility index (Phi) is 5.40. The maximum Gasteiger partial charge on any atom is 0.194 e. The second-order valence-electron chi connectivity index (χ2n) is 6.71. The highest BCUT2D eigenvalue weighted by atomic mass is 32.1. The maximum absolute atomic E-state index is 6.01. The van der Waals surface area contributed by atoms with E-state index in [0.29, 0.717) is 12.5 Å². The smallest absolute Gasteiger partial charge is 0.194 e. The van der Waals surface area contributed by atoms with Crippen LogP contribution in [0.5, 0.6) is 0 Å². The zero-order chi connectivity index (χ0) is 18.6. The number of hydrogen-bond donors (Lipinski definition) is 1. The van der Waals surface area contributed by atoms with Gasteiger partial charge in [-0.2, -0.15) is 0 Å². The predicted molar refractivity (Wildman–Crippen MR) is 109 cm³/mol. The molecular weight excluding hydrogens is 360 g/mol. The molecule has 6 nitrogen and oxygen atoms in total. The lowest BCUT2D eigenvalue weighted by Crippen LogP contribution is -2.39. The number of nitrogens with one attached hydrogen (secondary N) is 1. The first-order valence-electron chi connectivity index (χ1n) is 9.16. The van der Waals surface area contributed by atoms with Crippen LogP contribution in [0.25, 0.3) is 21.0 Å². The zero-order valence-electron chi connectivity index (χ0n) is 15.6. The normalized spacial score (nSPS) is 17.8. The third-order valence-corrected chi connectivity index (χ3v) is 5.84. The minimum Gasteiger partial charge on any atom is -0.457 e. The Morgan fingerprint density at radius 2 is 2.26 bits per heavy atom. The molecule has 3 aromatic rings. The summed E-state index contributed by atoms with van der Waals surface area (Å²) in [6, 6.07) is 12.1. The van der Waals surface area contributed by atoms with Crippen molar-refractivity contribution in [2.45, 2.75) is 13.0 Å². The van der Waals surface area contributed by atoms with Gasteiger partial charge in [0.15, 0.2) is 16.7 Å². The van der Waals surface area contributed by atoms with Crippen LogP contribution >= 0.6 is 11.3 Å². The number of aliphatic imine (C=N–C) groups is 1. The van der Waals surface area contributed by atoms with E-state index in [4.69, 9.17) is 9.15 Å². The van der Waals surface area contributed by atoms with Crippen molar-refractivity contribution in [3.8, 4) is 10.8 Å². The summed E-state index contributed by atoms with van der Waals surface area (Å²) in [5.74, 6) is 3.16. The van der Waals surface area contributed by atoms with Gasteiger partial charge < -0.3 is 19.4 Å². The van der Waals surface area contributed by atoms with Gasteiger partial charge in [0.1, 0.15) is 5.76 Å². The van der Waals surface area contributed by atoms with Crippen molar-refractivity contribution >= 4 is 27.5 Å². The van der Waals surface area contributed by atoms with Crippen LogP contribution < -0.4 is 5.32 Å².